The number of rotatable bonds is 11. The number of piperazine rings is 1. The fourth-order valence-corrected chi connectivity index (χ4v) is 10.7. The predicted octanol–water partition coefficient (Wildman–Crippen LogP) is 7.71. The maximum atomic E-state index is 14.0. The number of phenols is 2. The molecule has 1 amide bonds. The zero-order chi connectivity index (χ0) is 44.8. The highest BCUT2D eigenvalue weighted by atomic mass is 35.5. The van der Waals surface area contributed by atoms with E-state index in [0.717, 1.165) is 105 Å². The molecule has 3 N–H and O–H groups in total. The van der Waals surface area contributed by atoms with Gasteiger partial charge in [-0.15, -0.1) is 21.5 Å². The third-order valence-electron chi connectivity index (χ3n) is 13.3. The molecule has 0 radical (unpaired) electrons. The van der Waals surface area contributed by atoms with Gasteiger partial charge in [-0.3, -0.25) is 19.3 Å². The first-order valence-electron chi connectivity index (χ1n) is 22.2. The second kappa shape index (κ2) is 18.1. The van der Waals surface area contributed by atoms with Crippen molar-refractivity contribution in [1.82, 2.24) is 44.2 Å². The van der Waals surface area contributed by atoms with Crippen LogP contribution in [0.1, 0.15) is 95.8 Å². The molecular formula is C48H55ClN10O4S. The molecule has 3 aliphatic heterocycles. The molecule has 2 saturated heterocycles. The molecule has 1 atom stereocenters. The lowest BCUT2D eigenvalue weighted by molar-refractivity contribution is -0.133. The standard InChI is InChI=1S/C48H55ClN10O4S/c1-28(2)37-24-38(41(61)26-40(37)60)45-52-54-48(63)59(45)36-12-6-33(7-13-36)27-56-22-20-55(21-23-56)17-14-32-15-18-57(19-16-32)42(62)25-39-46-53-51-31(5)58(46)47-43(29(3)30(4)64-47)44(50-39)34-8-10-35(49)11-9-34/h6-13,24,26,28,32,39,60-61H,14-23,25,27H2,1-5H3,(H,54,63)/t39-/m0/s1. The lowest BCUT2D eigenvalue weighted by Crippen LogP contribution is -2.46. The van der Waals surface area contributed by atoms with Gasteiger partial charge in [0.1, 0.15) is 28.4 Å². The first-order chi connectivity index (χ1) is 30.8. The SMILES string of the molecule is Cc1sc2c(c1C)C(c1ccc(Cl)cc1)=N[C@@H](CC(=O)N1CCC(CCN3CCN(Cc4ccc(-n5c(-c6cc(C(C)C)c(O)cc6O)n[nH]c5=O)cc4)CC3)CC1)c1nnc(C)n1-2. The number of aromatic hydroxyl groups is 2. The van der Waals surface area contributed by atoms with Gasteiger partial charge in [0.15, 0.2) is 11.6 Å². The number of thiophene rings is 1. The van der Waals surface area contributed by atoms with E-state index in [-0.39, 0.29) is 35.6 Å². The Morgan fingerprint density at radius 3 is 2.30 bits per heavy atom. The van der Waals surface area contributed by atoms with E-state index in [1.165, 1.54) is 21.1 Å². The van der Waals surface area contributed by atoms with Gasteiger partial charge in [-0.25, -0.2) is 14.5 Å². The van der Waals surface area contributed by atoms with E-state index >= 15 is 0 Å². The minimum Gasteiger partial charge on any atom is -0.508 e. The molecule has 0 aliphatic carbocycles. The monoisotopic (exact) mass is 902 g/mol. The number of hydrogen-bond donors (Lipinski definition) is 3. The molecule has 6 heterocycles. The Labute approximate surface area is 381 Å². The molecule has 0 saturated carbocycles. The van der Waals surface area contributed by atoms with Gasteiger partial charge in [0.25, 0.3) is 0 Å². The van der Waals surface area contributed by atoms with Crippen LogP contribution < -0.4 is 5.69 Å². The molecule has 2 fully saturated rings. The Hall–Kier alpha value is -5.61. The number of halogens is 1. The van der Waals surface area contributed by atoms with Crippen molar-refractivity contribution in [1.29, 1.82) is 0 Å². The number of fused-ring (bicyclic) bond motifs is 3. The predicted molar refractivity (Wildman–Crippen MR) is 251 cm³/mol. The Kier molecular flexibility index (Phi) is 12.3. The van der Waals surface area contributed by atoms with Crippen LogP contribution in [0.5, 0.6) is 11.5 Å². The van der Waals surface area contributed by atoms with Crippen LogP contribution in [0.15, 0.2) is 70.5 Å². The van der Waals surface area contributed by atoms with Crippen LogP contribution in [-0.2, 0) is 11.3 Å². The van der Waals surface area contributed by atoms with E-state index in [0.29, 0.717) is 33.6 Å². The van der Waals surface area contributed by atoms with Crippen LogP contribution in [0.4, 0.5) is 0 Å². The maximum Gasteiger partial charge on any atom is 0.348 e. The zero-order valence-electron chi connectivity index (χ0n) is 37.0. The van der Waals surface area contributed by atoms with E-state index in [1.54, 1.807) is 17.4 Å². The van der Waals surface area contributed by atoms with Gasteiger partial charge in [0.2, 0.25) is 5.91 Å². The molecule has 3 aromatic heterocycles. The summed E-state index contributed by atoms with van der Waals surface area (Å²) in [6.45, 7) is 17.5. The zero-order valence-corrected chi connectivity index (χ0v) is 38.6. The van der Waals surface area contributed by atoms with Crippen molar-refractivity contribution in [3.05, 3.63) is 121 Å². The molecule has 9 rings (SSSR count). The highest BCUT2D eigenvalue weighted by Crippen LogP contribution is 2.41. The Morgan fingerprint density at radius 1 is 0.891 bits per heavy atom. The number of aromatic amines is 1. The number of carbonyl (C=O) groups is 1. The summed E-state index contributed by atoms with van der Waals surface area (Å²) in [4.78, 5) is 40.5. The van der Waals surface area contributed by atoms with Gasteiger partial charge < -0.3 is 20.0 Å². The molecule has 0 unspecified atom stereocenters. The normalized spacial score (nSPS) is 17.4. The molecule has 64 heavy (non-hydrogen) atoms. The second-order valence-corrected chi connectivity index (χ2v) is 19.4. The Balaban J connectivity index is 0.766. The summed E-state index contributed by atoms with van der Waals surface area (Å²) < 4.78 is 3.55. The first-order valence-corrected chi connectivity index (χ1v) is 23.4. The lowest BCUT2D eigenvalue weighted by Gasteiger charge is -2.37. The molecule has 16 heteroatoms. The molecule has 334 valence electrons. The van der Waals surface area contributed by atoms with Crippen molar-refractivity contribution in [2.75, 3.05) is 45.8 Å². The van der Waals surface area contributed by atoms with Gasteiger partial charge in [-0.05, 0) is 105 Å². The number of aryl methyl sites for hydroxylation is 2. The van der Waals surface area contributed by atoms with E-state index < -0.39 is 11.7 Å². The highest BCUT2D eigenvalue weighted by Gasteiger charge is 2.34. The summed E-state index contributed by atoms with van der Waals surface area (Å²) in [7, 11) is 0. The number of H-pyrrole nitrogens is 1. The molecule has 0 bridgehead atoms. The third kappa shape index (κ3) is 8.65. The van der Waals surface area contributed by atoms with E-state index in [1.807, 2.05) is 74.2 Å². The van der Waals surface area contributed by atoms with Gasteiger partial charge in [0, 0.05) is 72.9 Å². The molecular weight excluding hydrogens is 848 g/mol. The number of nitrogens with one attached hydrogen (secondary N) is 1. The summed E-state index contributed by atoms with van der Waals surface area (Å²) in [6.07, 6.45) is 3.36. The summed E-state index contributed by atoms with van der Waals surface area (Å²) in [5, 5.41) is 38.6. The van der Waals surface area contributed by atoms with E-state index in [4.69, 9.17) is 16.6 Å². The van der Waals surface area contributed by atoms with Gasteiger partial charge in [0.05, 0.1) is 23.4 Å². The summed E-state index contributed by atoms with van der Waals surface area (Å²) in [6, 6.07) is 18.2. The summed E-state index contributed by atoms with van der Waals surface area (Å²) >= 11 is 8.00. The maximum absolute atomic E-state index is 14.0. The smallest absolute Gasteiger partial charge is 0.348 e. The number of nitrogens with zero attached hydrogens (tertiary/aromatic N) is 9. The Bertz CT molecular complexity index is 2760. The largest absolute Gasteiger partial charge is 0.508 e. The number of benzene rings is 3. The topological polar surface area (TPSA) is 161 Å². The van der Waals surface area contributed by atoms with Crippen LogP contribution in [0.25, 0.3) is 22.1 Å². The highest BCUT2D eigenvalue weighted by molar-refractivity contribution is 7.15. The third-order valence-corrected chi connectivity index (χ3v) is 14.7. The second-order valence-electron chi connectivity index (χ2n) is 17.8. The van der Waals surface area contributed by atoms with Crippen LogP contribution >= 0.6 is 22.9 Å². The summed E-state index contributed by atoms with van der Waals surface area (Å²) in [5.74, 6) is 2.33. The molecule has 6 aromatic rings. The fraction of sp³-hybridized carbons (Fsp3) is 0.417. The number of carbonyl (C=O) groups excluding carboxylic acids is 1. The number of phenolic OH excluding ortho intramolecular Hbond substituents is 2. The molecule has 3 aliphatic rings. The van der Waals surface area contributed by atoms with Crippen molar-refractivity contribution in [2.24, 2.45) is 10.9 Å². The fourth-order valence-electron chi connectivity index (χ4n) is 9.40. The number of likely N-dealkylation sites (tertiary alicyclic amines) is 1. The quantitative estimate of drug-likeness (QED) is 0.118. The van der Waals surface area contributed by atoms with Crippen molar-refractivity contribution in [2.45, 2.75) is 78.8 Å². The molecule has 14 nitrogen and oxygen atoms in total. The lowest BCUT2D eigenvalue weighted by atomic mass is 9.93. The number of hydrogen-bond acceptors (Lipinski definition) is 11. The van der Waals surface area contributed by atoms with E-state index in [2.05, 4.69) is 48.6 Å². The first kappa shape index (κ1) is 43.6. The van der Waals surface area contributed by atoms with Crippen LogP contribution in [0.2, 0.25) is 5.02 Å². The molecule has 3 aromatic carbocycles. The number of amides is 1. The minimum absolute atomic E-state index is 0.00552. The number of aromatic nitrogens is 6. The average Bonchev–Trinajstić information content (AvgIpc) is 3.92. The van der Waals surface area contributed by atoms with Crippen molar-refractivity contribution >= 4 is 34.6 Å². The van der Waals surface area contributed by atoms with Crippen LogP contribution in [0.3, 0.4) is 0 Å². The van der Waals surface area contributed by atoms with Crippen molar-refractivity contribution in [3.8, 4) is 33.6 Å². The average molecular weight is 904 g/mol. The van der Waals surface area contributed by atoms with E-state index in [9.17, 15) is 19.8 Å². The van der Waals surface area contributed by atoms with Crippen molar-refractivity contribution < 1.29 is 15.0 Å². The van der Waals surface area contributed by atoms with Gasteiger partial charge in [-0.1, -0.05) is 49.7 Å². The van der Waals surface area contributed by atoms with Crippen LogP contribution in [-0.4, -0.2) is 112 Å². The van der Waals surface area contributed by atoms with Gasteiger partial charge >= 0.3 is 5.69 Å². The minimum atomic E-state index is -0.470. The molecule has 0 spiro atoms. The van der Waals surface area contributed by atoms with Crippen LogP contribution in [0, 0.1) is 26.7 Å². The Morgan fingerprint density at radius 2 is 1.59 bits per heavy atom. The van der Waals surface area contributed by atoms with Crippen molar-refractivity contribution in [3.63, 3.8) is 0 Å². The number of aliphatic imine (C=N–C) groups is 1. The summed E-state index contributed by atoms with van der Waals surface area (Å²) in [5.41, 5.74) is 6.46. The number of piperidine rings is 1. The van der Waals surface area contributed by atoms with Gasteiger partial charge in [-0.2, -0.15) is 5.10 Å².